The van der Waals surface area contributed by atoms with Crippen LogP contribution in [0.3, 0.4) is 0 Å². The van der Waals surface area contributed by atoms with Crippen molar-refractivity contribution < 1.29 is 87.1 Å². The van der Waals surface area contributed by atoms with Crippen molar-refractivity contribution in [1.82, 2.24) is 14.9 Å². The minimum absolute atomic E-state index is 0.0214. The fraction of sp³-hybridized carbons (Fsp3) is 0.528. The van der Waals surface area contributed by atoms with Gasteiger partial charge >= 0.3 is 29.4 Å². The van der Waals surface area contributed by atoms with Gasteiger partial charge in [-0.05, 0) is 26.8 Å². The number of allylic oxidation sites excluding steroid dienone is 4. The number of hydrogen-bond acceptors (Lipinski definition) is 21. The summed E-state index contributed by atoms with van der Waals surface area (Å²) in [5.41, 5.74) is -3.25. The molecule has 23 nitrogen and oxygen atoms in total. The summed E-state index contributed by atoms with van der Waals surface area (Å²) in [6, 6.07) is 0. The van der Waals surface area contributed by atoms with Gasteiger partial charge in [0.1, 0.15) is 48.8 Å². The number of phenolic OH excluding ortho intramolecular Hbond substituents is 1. The second-order valence-corrected chi connectivity index (χ2v) is 20.8. The predicted octanol–water partition coefficient (Wildman–Crippen LogP) is 3.06. The molecular formula is C53H65N3O20S. The molecule has 418 valence electrons. The number of Topliss-reactive ketones (excluding diaryl/α,β-unsaturated/α-hetero) is 3. The predicted molar refractivity (Wildman–Crippen MR) is 272 cm³/mol. The van der Waals surface area contributed by atoms with Crippen molar-refractivity contribution in [3.05, 3.63) is 102 Å². The van der Waals surface area contributed by atoms with Gasteiger partial charge in [0.25, 0.3) is 17.2 Å². The van der Waals surface area contributed by atoms with Crippen molar-refractivity contribution in [3.8, 4) is 11.5 Å². The Balaban J connectivity index is 1.23. The number of esters is 3. The number of carbonyl (C=O) groups excluding carboxylic acids is 7. The third kappa shape index (κ3) is 12.8. The quantitative estimate of drug-likeness (QED) is 0.101. The number of carbonyl (C=O) groups is 7. The number of nitrogens with zero attached hydrogens (tertiary/aromatic N) is 1. The van der Waals surface area contributed by atoms with Gasteiger partial charge in [0.15, 0.2) is 0 Å². The first-order valence-electron chi connectivity index (χ1n) is 24.9. The molecule has 12 atom stereocenters. The number of benzene rings is 1. The van der Waals surface area contributed by atoms with Gasteiger partial charge in [0, 0.05) is 79.7 Å². The van der Waals surface area contributed by atoms with Gasteiger partial charge < -0.3 is 58.9 Å². The maximum absolute atomic E-state index is 14.8. The van der Waals surface area contributed by atoms with E-state index in [1.807, 2.05) is 0 Å². The lowest BCUT2D eigenvalue weighted by atomic mass is 9.78. The van der Waals surface area contributed by atoms with Gasteiger partial charge in [0.05, 0.1) is 65.1 Å². The van der Waals surface area contributed by atoms with Crippen LogP contribution in [0.15, 0.2) is 62.5 Å². The Labute approximate surface area is 446 Å². The first kappa shape index (κ1) is 59.5. The number of aromatic amines is 1. The number of ether oxygens (including phenoxy) is 7. The van der Waals surface area contributed by atoms with Crippen molar-refractivity contribution >= 4 is 52.9 Å². The Morgan fingerprint density at radius 3 is 2.22 bits per heavy atom. The Morgan fingerprint density at radius 2 is 1.56 bits per heavy atom. The van der Waals surface area contributed by atoms with Crippen LogP contribution in [0.1, 0.15) is 116 Å². The van der Waals surface area contributed by atoms with E-state index in [1.54, 1.807) is 33.8 Å². The first-order chi connectivity index (χ1) is 36.2. The number of methoxy groups -OCH3 is 1. The molecule has 5 heterocycles. The molecule has 4 aliphatic heterocycles. The highest BCUT2D eigenvalue weighted by molar-refractivity contribution is 8.04. The number of aliphatic hydroxyl groups excluding tert-OH is 3. The number of amides is 1. The molecule has 77 heavy (non-hydrogen) atoms. The van der Waals surface area contributed by atoms with Gasteiger partial charge in [0.2, 0.25) is 11.6 Å². The van der Waals surface area contributed by atoms with Crippen LogP contribution < -0.4 is 21.3 Å². The lowest BCUT2D eigenvalue weighted by Gasteiger charge is -2.38. The molecule has 6 N–H and O–H groups in total. The zero-order chi connectivity index (χ0) is 57.0. The number of aryl methyl sites for hydroxylation is 1. The van der Waals surface area contributed by atoms with Gasteiger partial charge in [-0.1, -0.05) is 45.9 Å². The normalized spacial score (nSPS) is 30.0. The summed E-state index contributed by atoms with van der Waals surface area (Å²) in [5, 5.41) is 47.6. The van der Waals surface area contributed by atoms with Gasteiger partial charge in [-0.2, -0.15) is 0 Å². The second-order valence-electron chi connectivity index (χ2n) is 19.7. The van der Waals surface area contributed by atoms with Crippen molar-refractivity contribution in [1.29, 1.82) is 0 Å². The molecule has 24 heteroatoms. The summed E-state index contributed by atoms with van der Waals surface area (Å²) < 4.78 is 40.8. The molecule has 1 aromatic carbocycles. The van der Waals surface area contributed by atoms with Crippen LogP contribution in [-0.4, -0.2) is 140 Å². The van der Waals surface area contributed by atoms with Gasteiger partial charge in [-0.15, -0.1) is 11.8 Å². The van der Waals surface area contributed by atoms with Crippen LogP contribution in [0.5, 0.6) is 11.5 Å². The Morgan fingerprint density at radius 1 is 0.883 bits per heavy atom. The minimum atomic E-state index is -2.20. The molecule has 5 aliphatic rings. The number of thioether (sulfide) groups is 1. The average molecular weight is 1100 g/mol. The van der Waals surface area contributed by atoms with Gasteiger partial charge in [-0.25, -0.2) is 4.79 Å². The number of hydrogen-bond donors (Lipinski definition) is 6. The maximum Gasteiger partial charge on any atom is 0.330 e. The minimum Gasteiger partial charge on any atom is -0.507 e. The summed E-state index contributed by atoms with van der Waals surface area (Å²) in [7, 11) is 1.38. The number of aromatic hydroxyl groups is 1. The number of nitrogens with one attached hydrogen (secondary N) is 2. The van der Waals surface area contributed by atoms with Crippen LogP contribution in [0, 0.1) is 37.5 Å². The van der Waals surface area contributed by atoms with Crippen LogP contribution in [0.2, 0.25) is 0 Å². The number of aromatic nitrogens is 2. The highest BCUT2D eigenvalue weighted by Gasteiger charge is 2.53. The number of aliphatic hydroxyl groups is 3. The van der Waals surface area contributed by atoms with Crippen LogP contribution in [0.25, 0.3) is 0 Å². The van der Waals surface area contributed by atoms with Crippen molar-refractivity contribution in [2.24, 2.45) is 23.7 Å². The summed E-state index contributed by atoms with van der Waals surface area (Å²) >= 11 is 0.689. The topological polar surface area (TPSA) is 332 Å². The monoisotopic (exact) mass is 1100 g/mol. The molecule has 1 saturated heterocycles. The van der Waals surface area contributed by atoms with Gasteiger partial charge in [-0.3, -0.25) is 47.9 Å². The molecule has 0 saturated carbocycles. The zero-order valence-electron chi connectivity index (χ0n) is 44.2. The fourth-order valence-corrected chi connectivity index (χ4v) is 10.4. The highest BCUT2D eigenvalue weighted by atomic mass is 32.2. The number of fused-ring (bicyclic) bond motifs is 14. The second kappa shape index (κ2) is 24.7. The SMILES string of the molecule is CO[C@H]1C=CO[C@@]2(C)Oc3c(C)c(O)c4c(c3C2=O)C(=O)C(SCCOC(=O)CCC(=O)OC[C@H]2O[C@@H](n3cc(C)c(=O)[nH]c3=O)C[C@@H]2O)=C(NC(=O)/C(C)=C\C=C/[C@H](C)[C@H](O)[C@@H](C)[C@@H](O)[C@@H](C)[C@H](OC(C)=O)[C@@H]1C)C4=O. The summed E-state index contributed by atoms with van der Waals surface area (Å²) in [5.74, 6) is -12.3. The first-order valence-corrected chi connectivity index (χ1v) is 25.8. The van der Waals surface area contributed by atoms with E-state index in [4.69, 9.17) is 33.2 Å². The lowest BCUT2D eigenvalue weighted by molar-refractivity contribution is -0.160. The summed E-state index contributed by atoms with van der Waals surface area (Å²) in [6.45, 7) is 12.6. The number of H-pyrrole nitrogens is 1. The number of ketones is 3. The summed E-state index contributed by atoms with van der Waals surface area (Å²) in [6.07, 6.45) is 0.0263. The van der Waals surface area contributed by atoms with E-state index < -0.39 is 184 Å². The van der Waals surface area contributed by atoms with E-state index in [-0.39, 0.29) is 34.6 Å². The number of rotatable bonds is 12. The highest BCUT2D eigenvalue weighted by Crippen LogP contribution is 2.49. The molecule has 7 rings (SSSR count). The van der Waals surface area contributed by atoms with E-state index in [0.29, 0.717) is 11.8 Å². The molecule has 1 aromatic heterocycles. The van der Waals surface area contributed by atoms with E-state index in [2.05, 4.69) is 10.3 Å². The van der Waals surface area contributed by atoms with Crippen LogP contribution in [-0.2, 0) is 47.6 Å². The Bertz CT molecular complexity index is 2940. The van der Waals surface area contributed by atoms with E-state index in [0.717, 1.165) is 10.8 Å². The fourth-order valence-electron chi connectivity index (χ4n) is 9.46. The molecule has 0 radical (unpaired) electrons. The third-order valence-corrected chi connectivity index (χ3v) is 15.2. The number of phenols is 1. The van der Waals surface area contributed by atoms with E-state index >= 15 is 0 Å². The molecule has 5 bridgehead atoms. The molecule has 2 aromatic rings. The van der Waals surface area contributed by atoms with Crippen LogP contribution in [0.4, 0.5) is 0 Å². The summed E-state index contributed by atoms with van der Waals surface area (Å²) in [4.78, 5) is 121. The molecule has 1 amide bonds. The standard InChI is InChI=1S/C53H65N3O20S/c1-23-12-11-13-24(2)50(67)54-40-44(64)38-37(45(65)48(40)77-19-18-71-35(59)14-15-36(60)72-22-33-31(58)20-34(75-33)56-21-25(3)51(68)55-52(56)69)39-47(29(7)43(38)63)76-53(9,49(39)66)73-17-16-32(70-10)26(4)46(74-30(8)57)28(6)42(62)27(5)41(23)61/h11-13,16-17,21,23,26-28,31-34,41-42,46,58,61-63H,14-15,18-20,22H2,1-10H3,(H,54,67)(H,55,68,69)/b12-11-,17-16?,24-13-/t23-,26+,27+,28+,31-,32-,33+,34+,41-,42+,46+,53-/m0/s1. The molecule has 1 aliphatic carbocycles. The smallest absolute Gasteiger partial charge is 0.330 e. The molecular weight excluding hydrogens is 1030 g/mol. The molecule has 1 fully saturated rings. The molecule has 0 unspecified atom stereocenters. The van der Waals surface area contributed by atoms with E-state index in [9.17, 15) is 63.6 Å². The zero-order valence-corrected chi connectivity index (χ0v) is 45.1. The van der Waals surface area contributed by atoms with Crippen molar-refractivity contribution in [2.45, 2.75) is 130 Å². The molecule has 0 spiro atoms. The lowest BCUT2D eigenvalue weighted by Crippen LogP contribution is -2.46. The maximum atomic E-state index is 14.8. The van der Waals surface area contributed by atoms with E-state index in [1.165, 1.54) is 66.2 Å². The van der Waals surface area contributed by atoms with Crippen LogP contribution >= 0.6 is 11.8 Å². The largest absolute Gasteiger partial charge is 0.507 e. The Hall–Kier alpha value is -6.70. The van der Waals surface area contributed by atoms with Crippen molar-refractivity contribution in [3.63, 3.8) is 0 Å². The third-order valence-electron chi connectivity index (χ3n) is 14.1. The Kier molecular flexibility index (Phi) is 19.1. The average Bonchev–Trinajstić information content (AvgIpc) is 3.90. The van der Waals surface area contributed by atoms with Crippen molar-refractivity contribution in [2.75, 3.05) is 26.1 Å².